The molecule has 0 aromatic rings. The van der Waals surface area contributed by atoms with Gasteiger partial charge in [-0.2, -0.15) is 0 Å². The number of carbonyl (C=O) groups excluding carboxylic acids is 1. The van der Waals surface area contributed by atoms with Gasteiger partial charge in [0, 0.05) is 13.5 Å². The maximum absolute atomic E-state index is 12.4. The fraction of sp³-hybridized carbons (Fsp3) is 0.833. The molecule has 0 saturated carbocycles. The van der Waals surface area contributed by atoms with E-state index in [1.54, 1.807) is 0 Å². The zero-order chi connectivity index (χ0) is 9.07. The van der Waals surface area contributed by atoms with E-state index >= 15 is 0 Å². The van der Waals surface area contributed by atoms with Crippen molar-refractivity contribution in [1.29, 1.82) is 0 Å². The lowest BCUT2D eigenvalue weighted by Gasteiger charge is -2.18. The Bertz CT molecular complexity index is 144. The lowest BCUT2D eigenvalue weighted by atomic mass is 10.0. The van der Waals surface area contributed by atoms with Gasteiger partial charge < -0.3 is 10.5 Å². The number of alkyl halides is 2. The van der Waals surface area contributed by atoms with Gasteiger partial charge >= 0.3 is 5.97 Å². The van der Waals surface area contributed by atoms with E-state index in [0.717, 1.165) is 7.11 Å². The summed E-state index contributed by atoms with van der Waals surface area (Å²) >= 11 is 0. The second kappa shape index (κ2) is 3.61. The van der Waals surface area contributed by atoms with E-state index in [-0.39, 0.29) is 0 Å². The molecule has 0 radical (unpaired) electrons. The maximum Gasteiger partial charge on any atom is 0.316 e. The highest BCUT2D eigenvalue weighted by atomic mass is 19.3. The molecule has 1 atom stereocenters. The second-order valence-corrected chi connectivity index (χ2v) is 2.27. The van der Waals surface area contributed by atoms with Gasteiger partial charge in [-0.05, 0) is 0 Å². The first-order valence-corrected chi connectivity index (χ1v) is 3.09. The van der Waals surface area contributed by atoms with Gasteiger partial charge in [-0.25, -0.2) is 8.78 Å². The van der Waals surface area contributed by atoms with E-state index in [1.165, 1.54) is 0 Å². The molecule has 1 unspecified atom stereocenters. The van der Waals surface area contributed by atoms with Crippen molar-refractivity contribution in [3.8, 4) is 0 Å². The molecule has 0 fully saturated rings. The largest absolute Gasteiger partial charge is 0.469 e. The number of methoxy groups -OCH3 is 1. The van der Waals surface area contributed by atoms with Gasteiger partial charge in [-0.15, -0.1) is 0 Å². The molecule has 0 aromatic heterocycles. The Labute approximate surface area is 63.5 Å². The first kappa shape index (κ1) is 10.3. The minimum Gasteiger partial charge on any atom is -0.469 e. The molecule has 0 heterocycles. The Morgan fingerprint density at radius 2 is 2.18 bits per heavy atom. The van der Waals surface area contributed by atoms with E-state index in [2.05, 4.69) is 4.74 Å². The predicted octanol–water partition coefficient (Wildman–Crippen LogP) is 0.389. The zero-order valence-corrected chi connectivity index (χ0v) is 6.43. The van der Waals surface area contributed by atoms with Crippen LogP contribution in [0.25, 0.3) is 0 Å². The van der Waals surface area contributed by atoms with Crippen LogP contribution in [-0.2, 0) is 9.53 Å². The quantitative estimate of drug-likeness (QED) is 0.618. The number of esters is 1. The highest BCUT2D eigenvalue weighted by Crippen LogP contribution is 2.23. The summed E-state index contributed by atoms with van der Waals surface area (Å²) in [7, 11) is 1.05. The number of ether oxygens (including phenoxy) is 1. The second-order valence-electron chi connectivity index (χ2n) is 2.27. The van der Waals surface area contributed by atoms with Gasteiger partial charge in [0.2, 0.25) is 0 Å². The Kier molecular flexibility index (Phi) is 3.38. The van der Waals surface area contributed by atoms with Crippen LogP contribution in [0.4, 0.5) is 8.78 Å². The molecular weight excluding hydrogens is 156 g/mol. The number of hydrogen-bond acceptors (Lipinski definition) is 3. The molecule has 5 heteroatoms. The Morgan fingerprint density at radius 1 is 1.73 bits per heavy atom. The van der Waals surface area contributed by atoms with Crippen LogP contribution in [0, 0.1) is 5.92 Å². The number of hydrogen-bond donors (Lipinski definition) is 1. The summed E-state index contributed by atoms with van der Waals surface area (Å²) in [6.07, 6.45) is 0. The summed E-state index contributed by atoms with van der Waals surface area (Å²) in [5.41, 5.74) is 4.95. The third-order valence-corrected chi connectivity index (χ3v) is 1.33. The summed E-state index contributed by atoms with van der Waals surface area (Å²) in [6.45, 7) is 0.234. The van der Waals surface area contributed by atoms with Crippen LogP contribution in [0.15, 0.2) is 0 Å². The molecule has 0 bridgehead atoms. The van der Waals surface area contributed by atoms with Crippen LogP contribution >= 0.6 is 0 Å². The molecule has 0 amide bonds. The fourth-order valence-electron chi connectivity index (χ4n) is 0.652. The molecule has 3 nitrogen and oxygen atoms in total. The lowest BCUT2D eigenvalue weighted by Crippen LogP contribution is -2.38. The van der Waals surface area contributed by atoms with Crippen molar-refractivity contribution in [3.05, 3.63) is 0 Å². The van der Waals surface area contributed by atoms with E-state index in [1.807, 2.05) is 0 Å². The molecule has 11 heavy (non-hydrogen) atoms. The predicted molar refractivity (Wildman–Crippen MR) is 35.2 cm³/mol. The molecule has 0 aromatic carbocycles. The average molecular weight is 167 g/mol. The Hall–Kier alpha value is -0.710. The lowest BCUT2D eigenvalue weighted by molar-refractivity contribution is -0.157. The fourth-order valence-corrected chi connectivity index (χ4v) is 0.652. The van der Waals surface area contributed by atoms with E-state index in [9.17, 15) is 13.6 Å². The maximum atomic E-state index is 12.4. The third-order valence-electron chi connectivity index (χ3n) is 1.33. The molecule has 0 saturated heterocycles. The van der Waals surface area contributed by atoms with Crippen LogP contribution in [0.5, 0.6) is 0 Å². The van der Waals surface area contributed by atoms with Crippen LogP contribution in [-0.4, -0.2) is 25.5 Å². The molecule has 0 aliphatic heterocycles. The highest BCUT2D eigenvalue weighted by Gasteiger charge is 2.39. The summed E-state index contributed by atoms with van der Waals surface area (Å²) in [6, 6.07) is 0. The van der Waals surface area contributed by atoms with Gasteiger partial charge in [0.05, 0.1) is 7.11 Å². The van der Waals surface area contributed by atoms with Crippen molar-refractivity contribution in [2.75, 3.05) is 13.7 Å². The van der Waals surface area contributed by atoms with Gasteiger partial charge in [-0.3, -0.25) is 4.79 Å². The minimum absolute atomic E-state index is 0.407. The first-order chi connectivity index (χ1) is 4.93. The van der Waals surface area contributed by atoms with Crippen molar-refractivity contribution in [1.82, 2.24) is 0 Å². The summed E-state index contributed by atoms with van der Waals surface area (Å²) < 4.78 is 29.0. The smallest absolute Gasteiger partial charge is 0.316 e. The number of halogens is 2. The van der Waals surface area contributed by atoms with Crippen LogP contribution in [0.2, 0.25) is 0 Å². The van der Waals surface area contributed by atoms with Crippen LogP contribution in [0.3, 0.4) is 0 Å². The molecule has 0 aliphatic rings. The molecule has 0 aliphatic carbocycles. The Morgan fingerprint density at radius 3 is 2.27 bits per heavy atom. The van der Waals surface area contributed by atoms with Gasteiger partial charge in [0.25, 0.3) is 5.92 Å². The van der Waals surface area contributed by atoms with Crippen LogP contribution < -0.4 is 5.73 Å². The zero-order valence-electron chi connectivity index (χ0n) is 6.43. The molecule has 0 rings (SSSR count). The normalized spacial score (nSPS) is 14.3. The SMILES string of the molecule is COC(=O)C(CN)C(C)(F)F. The molecular formula is C6H11F2NO2. The van der Waals surface area contributed by atoms with Crippen molar-refractivity contribution in [3.63, 3.8) is 0 Å². The van der Waals surface area contributed by atoms with E-state index < -0.39 is 24.4 Å². The monoisotopic (exact) mass is 167 g/mol. The van der Waals surface area contributed by atoms with Gasteiger partial charge in [0.15, 0.2) is 0 Å². The van der Waals surface area contributed by atoms with E-state index in [0.29, 0.717) is 6.92 Å². The van der Waals surface area contributed by atoms with Crippen LogP contribution in [0.1, 0.15) is 6.92 Å². The van der Waals surface area contributed by atoms with Gasteiger partial charge in [0.1, 0.15) is 5.92 Å². The minimum atomic E-state index is -3.11. The standard InChI is InChI=1S/C6H11F2NO2/c1-6(7,8)4(3-9)5(10)11-2/h4H,3,9H2,1-2H3. The van der Waals surface area contributed by atoms with Gasteiger partial charge in [-0.1, -0.05) is 0 Å². The topological polar surface area (TPSA) is 52.3 Å². The Balaban J connectivity index is 4.29. The van der Waals surface area contributed by atoms with E-state index in [4.69, 9.17) is 5.73 Å². The molecule has 2 N–H and O–H groups in total. The highest BCUT2D eigenvalue weighted by molar-refractivity contribution is 5.73. The number of rotatable bonds is 3. The summed E-state index contributed by atoms with van der Waals surface area (Å²) in [5, 5.41) is 0. The third kappa shape index (κ3) is 2.80. The number of nitrogens with two attached hydrogens (primary N) is 1. The average Bonchev–Trinajstić information content (AvgIpc) is 1.86. The summed E-state index contributed by atoms with van der Waals surface area (Å²) in [5.74, 6) is -5.62. The number of carbonyl (C=O) groups is 1. The molecule has 0 spiro atoms. The van der Waals surface area contributed by atoms with Crippen molar-refractivity contribution < 1.29 is 18.3 Å². The van der Waals surface area contributed by atoms with Crippen molar-refractivity contribution >= 4 is 5.97 Å². The first-order valence-electron chi connectivity index (χ1n) is 3.09. The summed E-state index contributed by atoms with van der Waals surface area (Å²) in [4.78, 5) is 10.6. The van der Waals surface area contributed by atoms with Crippen molar-refractivity contribution in [2.24, 2.45) is 11.7 Å². The molecule has 66 valence electrons. The van der Waals surface area contributed by atoms with Crippen molar-refractivity contribution in [2.45, 2.75) is 12.8 Å².